The number of aromatic amines is 1. The normalized spacial score (nSPS) is 16.0. The molecule has 4 rings (SSSR count). The van der Waals surface area contributed by atoms with Crippen LogP contribution in [0.5, 0.6) is 0 Å². The quantitative estimate of drug-likeness (QED) is 0.764. The Morgan fingerprint density at radius 1 is 1.17 bits per heavy atom. The number of fused-ring (bicyclic) bond motifs is 1. The second-order valence-electron chi connectivity index (χ2n) is 6.22. The van der Waals surface area contributed by atoms with E-state index in [1.54, 1.807) is 6.07 Å². The molecule has 1 fully saturated rings. The smallest absolute Gasteiger partial charge is 0.272 e. The first-order valence-corrected chi connectivity index (χ1v) is 8.12. The minimum Gasteiger partial charge on any atom is -0.317 e. The summed E-state index contributed by atoms with van der Waals surface area (Å²) in [6, 6.07) is 11.8. The summed E-state index contributed by atoms with van der Waals surface area (Å²) in [6.45, 7) is 4.05. The van der Waals surface area contributed by atoms with E-state index in [0.29, 0.717) is 11.6 Å². The fraction of sp³-hybridized carbons (Fsp3) is 0.333. The van der Waals surface area contributed by atoms with E-state index in [9.17, 15) is 4.79 Å². The second kappa shape index (κ2) is 5.66. The van der Waals surface area contributed by atoms with Crippen LogP contribution < -0.4 is 10.9 Å². The highest BCUT2D eigenvalue weighted by Gasteiger charge is 2.18. The van der Waals surface area contributed by atoms with Gasteiger partial charge in [0.15, 0.2) is 5.65 Å². The maximum atomic E-state index is 12.4. The van der Waals surface area contributed by atoms with E-state index < -0.39 is 0 Å². The van der Waals surface area contributed by atoms with Crippen molar-refractivity contribution in [2.24, 2.45) is 0 Å². The van der Waals surface area contributed by atoms with Crippen molar-refractivity contribution in [2.45, 2.75) is 25.7 Å². The standard InChI is InChI=1S/C18H20N4O/c1-12-4-2-3-5-14(12)16-10-17-20-15(11-18(23)22(17)21-16)13-6-8-19-9-7-13/h2-5,10-11,13,19,21H,6-9H2,1H3. The maximum absolute atomic E-state index is 12.4. The average Bonchev–Trinajstić information content (AvgIpc) is 3.00. The summed E-state index contributed by atoms with van der Waals surface area (Å²) >= 11 is 0. The first kappa shape index (κ1) is 14.2. The highest BCUT2D eigenvalue weighted by molar-refractivity contribution is 5.67. The first-order valence-electron chi connectivity index (χ1n) is 8.12. The van der Waals surface area contributed by atoms with Gasteiger partial charge in [-0.15, -0.1) is 0 Å². The minimum absolute atomic E-state index is 0.0385. The lowest BCUT2D eigenvalue weighted by Crippen LogP contribution is -2.28. The minimum atomic E-state index is -0.0385. The molecule has 0 aliphatic carbocycles. The van der Waals surface area contributed by atoms with Crippen LogP contribution in [0.1, 0.15) is 30.0 Å². The van der Waals surface area contributed by atoms with Crippen LogP contribution in [0.4, 0.5) is 0 Å². The van der Waals surface area contributed by atoms with Crippen molar-refractivity contribution in [1.29, 1.82) is 0 Å². The molecule has 2 N–H and O–H groups in total. The number of hydrogen-bond donors (Lipinski definition) is 2. The molecule has 1 aliphatic rings. The fourth-order valence-corrected chi connectivity index (χ4v) is 3.35. The Morgan fingerprint density at radius 3 is 2.74 bits per heavy atom. The van der Waals surface area contributed by atoms with Crippen molar-refractivity contribution in [3.8, 4) is 11.3 Å². The van der Waals surface area contributed by atoms with E-state index in [1.807, 2.05) is 18.2 Å². The number of piperidine rings is 1. The zero-order chi connectivity index (χ0) is 15.8. The fourth-order valence-electron chi connectivity index (χ4n) is 3.35. The lowest BCUT2D eigenvalue weighted by atomic mass is 9.94. The predicted octanol–water partition coefficient (Wildman–Crippen LogP) is 2.47. The van der Waals surface area contributed by atoms with Crippen molar-refractivity contribution >= 4 is 5.65 Å². The number of benzene rings is 1. The molecule has 118 valence electrons. The Hall–Kier alpha value is -2.40. The molecular formula is C18H20N4O. The molecule has 3 aromatic rings. The summed E-state index contributed by atoms with van der Waals surface area (Å²) in [5, 5.41) is 6.53. The van der Waals surface area contributed by atoms with Gasteiger partial charge in [-0.05, 0) is 38.4 Å². The molecule has 0 saturated carbocycles. The van der Waals surface area contributed by atoms with Crippen LogP contribution in [0.15, 0.2) is 41.2 Å². The topological polar surface area (TPSA) is 62.2 Å². The van der Waals surface area contributed by atoms with E-state index in [0.717, 1.165) is 42.9 Å². The van der Waals surface area contributed by atoms with Crippen LogP contribution in [0.2, 0.25) is 0 Å². The van der Waals surface area contributed by atoms with E-state index >= 15 is 0 Å². The Morgan fingerprint density at radius 2 is 1.96 bits per heavy atom. The van der Waals surface area contributed by atoms with Gasteiger partial charge in [0.1, 0.15) is 0 Å². The SMILES string of the molecule is Cc1ccccc1-c1cc2nc(C3CCNCC3)cc(=O)n2[nH]1. The number of rotatable bonds is 2. The molecule has 1 aromatic carbocycles. The highest BCUT2D eigenvalue weighted by atomic mass is 16.1. The molecule has 0 bridgehead atoms. The largest absolute Gasteiger partial charge is 0.317 e. The van der Waals surface area contributed by atoms with Gasteiger partial charge in [-0.1, -0.05) is 24.3 Å². The third kappa shape index (κ3) is 2.57. The monoisotopic (exact) mass is 308 g/mol. The summed E-state index contributed by atoms with van der Waals surface area (Å²) in [4.78, 5) is 17.2. The molecule has 2 aromatic heterocycles. The van der Waals surface area contributed by atoms with Gasteiger partial charge in [0, 0.05) is 23.6 Å². The Labute approximate surface area is 134 Å². The lowest BCUT2D eigenvalue weighted by molar-refractivity contribution is 0.453. The Balaban J connectivity index is 1.81. The van der Waals surface area contributed by atoms with E-state index in [1.165, 1.54) is 10.1 Å². The number of aromatic nitrogens is 3. The molecule has 0 radical (unpaired) electrons. The van der Waals surface area contributed by atoms with Gasteiger partial charge in [0.05, 0.1) is 11.4 Å². The zero-order valence-electron chi connectivity index (χ0n) is 13.2. The van der Waals surface area contributed by atoms with Gasteiger partial charge in [-0.25, -0.2) is 9.50 Å². The van der Waals surface area contributed by atoms with Crippen molar-refractivity contribution in [2.75, 3.05) is 13.1 Å². The zero-order valence-corrected chi connectivity index (χ0v) is 13.2. The average molecular weight is 308 g/mol. The summed E-state index contributed by atoms with van der Waals surface area (Å²) in [5.74, 6) is 0.380. The summed E-state index contributed by atoms with van der Waals surface area (Å²) < 4.78 is 1.53. The molecule has 5 heteroatoms. The van der Waals surface area contributed by atoms with Crippen LogP contribution in [0.3, 0.4) is 0 Å². The Bertz CT molecular complexity index is 903. The van der Waals surface area contributed by atoms with Gasteiger partial charge in [-0.2, -0.15) is 0 Å². The number of nitrogens with zero attached hydrogens (tertiary/aromatic N) is 2. The molecule has 1 aliphatic heterocycles. The number of hydrogen-bond acceptors (Lipinski definition) is 3. The third-order valence-corrected chi connectivity index (χ3v) is 4.66. The van der Waals surface area contributed by atoms with Crippen LogP contribution in [0.25, 0.3) is 16.9 Å². The molecule has 23 heavy (non-hydrogen) atoms. The van der Waals surface area contributed by atoms with Gasteiger partial charge in [0.2, 0.25) is 0 Å². The summed E-state index contributed by atoms with van der Waals surface area (Å²) in [7, 11) is 0. The number of H-pyrrole nitrogens is 1. The van der Waals surface area contributed by atoms with E-state index in [4.69, 9.17) is 4.98 Å². The molecule has 5 nitrogen and oxygen atoms in total. The number of nitrogens with one attached hydrogen (secondary N) is 2. The summed E-state index contributed by atoms with van der Waals surface area (Å²) in [6.07, 6.45) is 2.08. The third-order valence-electron chi connectivity index (χ3n) is 4.66. The predicted molar refractivity (Wildman–Crippen MR) is 90.8 cm³/mol. The molecule has 0 unspecified atom stereocenters. The maximum Gasteiger partial charge on any atom is 0.272 e. The Kier molecular flexibility index (Phi) is 3.50. The van der Waals surface area contributed by atoms with Crippen molar-refractivity contribution in [3.05, 3.63) is 58.0 Å². The number of aryl methyl sites for hydroxylation is 1. The van der Waals surface area contributed by atoms with Crippen LogP contribution in [0, 0.1) is 6.92 Å². The van der Waals surface area contributed by atoms with Gasteiger partial charge >= 0.3 is 0 Å². The van der Waals surface area contributed by atoms with Crippen LogP contribution in [-0.2, 0) is 0 Å². The van der Waals surface area contributed by atoms with Gasteiger partial charge in [-0.3, -0.25) is 9.89 Å². The van der Waals surface area contributed by atoms with Crippen LogP contribution in [-0.4, -0.2) is 27.7 Å². The molecular weight excluding hydrogens is 288 g/mol. The van der Waals surface area contributed by atoms with Crippen molar-refractivity contribution in [1.82, 2.24) is 19.9 Å². The van der Waals surface area contributed by atoms with Crippen molar-refractivity contribution < 1.29 is 0 Å². The second-order valence-corrected chi connectivity index (χ2v) is 6.22. The molecule has 1 saturated heterocycles. The van der Waals surface area contributed by atoms with Gasteiger partial charge < -0.3 is 5.32 Å². The molecule has 0 atom stereocenters. The van der Waals surface area contributed by atoms with E-state index in [2.05, 4.69) is 29.5 Å². The highest BCUT2D eigenvalue weighted by Crippen LogP contribution is 2.25. The first-order chi connectivity index (χ1) is 11.2. The molecule has 0 spiro atoms. The molecule has 0 amide bonds. The van der Waals surface area contributed by atoms with Crippen LogP contribution >= 0.6 is 0 Å². The van der Waals surface area contributed by atoms with Gasteiger partial charge in [0.25, 0.3) is 5.56 Å². The molecule has 3 heterocycles. The summed E-state index contributed by atoms with van der Waals surface area (Å²) in [5.41, 5.74) is 4.78. The lowest BCUT2D eigenvalue weighted by Gasteiger charge is -2.21. The van der Waals surface area contributed by atoms with E-state index in [-0.39, 0.29) is 5.56 Å². The van der Waals surface area contributed by atoms with Crippen molar-refractivity contribution in [3.63, 3.8) is 0 Å².